The van der Waals surface area contributed by atoms with Crippen molar-refractivity contribution in [1.29, 1.82) is 0 Å². The van der Waals surface area contributed by atoms with Crippen molar-refractivity contribution in [3.63, 3.8) is 0 Å². The van der Waals surface area contributed by atoms with Crippen LogP contribution in [-0.2, 0) is 9.59 Å². The molecule has 1 aliphatic carbocycles. The summed E-state index contributed by atoms with van der Waals surface area (Å²) in [5, 5.41) is 8.62. The zero-order chi connectivity index (χ0) is 10.7. The van der Waals surface area contributed by atoms with Crippen molar-refractivity contribution >= 4 is 24.2 Å². The molecule has 16 heavy (non-hydrogen) atoms. The molecule has 1 heterocycles. The van der Waals surface area contributed by atoms with Gasteiger partial charge in [0.05, 0.1) is 12.5 Å². The Hall–Kier alpha value is -0.810. The van der Waals surface area contributed by atoms with Gasteiger partial charge in [0.1, 0.15) is 0 Å². The zero-order valence-corrected chi connectivity index (χ0v) is 9.94. The van der Waals surface area contributed by atoms with Gasteiger partial charge in [0.15, 0.2) is 0 Å². The van der Waals surface area contributed by atoms with E-state index in [0.717, 1.165) is 32.4 Å². The van der Waals surface area contributed by atoms with E-state index in [4.69, 9.17) is 0 Å². The Bertz CT molecular complexity index is 263. The molecule has 0 bridgehead atoms. The fourth-order valence-electron chi connectivity index (χ4n) is 1.70. The van der Waals surface area contributed by atoms with Crippen molar-refractivity contribution in [3.05, 3.63) is 0 Å². The molecule has 2 fully saturated rings. The van der Waals surface area contributed by atoms with Crippen LogP contribution < -0.4 is 16.0 Å². The van der Waals surface area contributed by atoms with Gasteiger partial charge in [-0.05, 0) is 25.8 Å². The molecule has 92 valence electrons. The molecular formula is C10H18ClN3O2. The van der Waals surface area contributed by atoms with Crippen molar-refractivity contribution in [2.45, 2.75) is 25.3 Å². The molecule has 1 saturated carbocycles. The molecule has 1 aliphatic heterocycles. The Balaban J connectivity index is 0.00000128. The minimum absolute atomic E-state index is 0. The first kappa shape index (κ1) is 13.3. The van der Waals surface area contributed by atoms with E-state index in [0.29, 0.717) is 6.04 Å². The van der Waals surface area contributed by atoms with Crippen LogP contribution in [0.15, 0.2) is 0 Å². The van der Waals surface area contributed by atoms with Gasteiger partial charge >= 0.3 is 0 Å². The summed E-state index contributed by atoms with van der Waals surface area (Å²) in [6.45, 7) is 1.74. The van der Waals surface area contributed by atoms with Crippen LogP contribution in [-0.4, -0.2) is 37.5 Å². The fraction of sp³-hybridized carbons (Fsp3) is 0.800. The molecule has 3 N–H and O–H groups in total. The van der Waals surface area contributed by atoms with Crippen LogP contribution in [0, 0.1) is 5.92 Å². The number of halogens is 1. The summed E-state index contributed by atoms with van der Waals surface area (Å²) < 4.78 is 0. The SMILES string of the molecule is Cl.O=C(CNC(=O)[C@H]1CCNC1)NC1CC1. The average molecular weight is 248 g/mol. The summed E-state index contributed by atoms with van der Waals surface area (Å²) in [5.41, 5.74) is 0. The second-order valence-corrected chi connectivity index (χ2v) is 4.25. The maximum atomic E-state index is 11.5. The van der Waals surface area contributed by atoms with Gasteiger partial charge in [0.2, 0.25) is 11.8 Å². The third-order valence-electron chi connectivity index (χ3n) is 2.80. The summed E-state index contributed by atoms with van der Waals surface area (Å²) >= 11 is 0. The Kier molecular flexibility index (Phi) is 5.02. The maximum Gasteiger partial charge on any atom is 0.239 e. The van der Waals surface area contributed by atoms with Crippen molar-refractivity contribution in [1.82, 2.24) is 16.0 Å². The third-order valence-corrected chi connectivity index (χ3v) is 2.80. The summed E-state index contributed by atoms with van der Waals surface area (Å²) in [6.07, 6.45) is 3.02. The summed E-state index contributed by atoms with van der Waals surface area (Å²) in [4.78, 5) is 22.8. The second kappa shape index (κ2) is 6.06. The van der Waals surface area contributed by atoms with Crippen LogP contribution in [0.3, 0.4) is 0 Å². The Morgan fingerprint density at radius 3 is 2.56 bits per heavy atom. The van der Waals surface area contributed by atoms with Gasteiger partial charge in [-0.3, -0.25) is 9.59 Å². The molecule has 5 nitrogen and oxygen atoms in total. The average Bonchev–Trinajstić information content (AvgIpc) is 2.86. The quantitative estimate of drug-likeness (QED) is 0.622. The fourth-order valence-corrected chi connectivity index (χ4v) is 1.70. The van der Waals surface area contributed by atoms with Crippen molar-refractivity contribution < 1.29 is 9.59 Å². The predicted molar refractivity (Wildman–Crippen MR) is 62.4 cm³/mol. The molecule has 2 aliphatic rings. The molecule has 2 amide bonds. The highest BCUT2D eigenvalue weighted by molar-refractivity contribution is 5.86. The largest absolute Gasteiger partial charge is 0.352 e. The number of rotatable bonds is 4. The summed E-state index contributed by atoms with van der Waals surface area (Å²) in [7, 11) is 0. The van der Waals surface area contributed by atoms with Gasteiger partial charge in [-0.1, -0.05) is 0 Å². The zero-order valence-electron chi connectivity index (χ0n) is 9.12. The molecule has 0 aromatic rings. The Labute approximate surface area is 101 Å². The molecule has 0 unspecified atom stereocenters. The smallest absolute Gasteiger partial charge is 0.239 e. The number of carbonyl (C=O) groups excluding carboxylic acids is 2. The van der Waals surface area contributed by atoms with E-state index in [9.17, 15) is 9.59 Å². The monoisotopic (exact) mass is 247 g/mol. The lowest BCUT2D eigenvalue weighted by molar-refractivity contribution is -0.128. The van der Waals surface area contributed by atoms with E-state index in [-0.39, 0.29) is 36.7 Å². The molecule has 2 rings (SSSR count). The standard InChI is InChI=1S/C10H17N3O2.ClH/c14-9(13-8-1-2-8)6-12-10(15)7-3-4-11-5-7;/h7-8,11H,1-6H2,(H,12,15)(H,13,14);1H/t7-;/m0./s1. The minimum Gasteiger partial charge on any atom is -0.352 e. The lowest BCUT2D eigenvalue weighted by Crippen LogP contribution is -2.40. The molecule has 0 radical (unpaired) electrons. The third kappa shape index (κ3) is 3.98. The van der Waals surface area contributed by atoms with Crippen molar-refractivity contribution in [2.24, 2.45) is 5.92 Å². The van der Waals surface area contributed by atoms with E-state index in [2.05, 4.69) is 16.0 Å². The Morgan fingerprint density at radius 2 is 2.00 bits per heavy atom. The lowest BCUT2D eigenvalue weighted by atomic mass is 10.1. The van der Waals surface area contributed by atoms with Gasteiger partial charge < -0.3 is 16.0 Å². The number of hydrogen-bond donors (Lipinski definition) is 3. The highest BCUT2D eigenvalue weighted by Crippen LogP contribution is 2.18. The first-order valence-corrected chi connectivity index (χ1v) is 5.53. The molecule has 0 aromatic carbocycles. The number of carbonyl (C=O) groups is 2. The van der Waals surface area contributed by atoms with Crippen LogP contribution in [0.1, 0.15) is 19.3 Å². The van der Waals surface area contributed by atoms with Gasteiger partial charge in [0.25, 0.3) is 0 Å². The molecule has 6 heteroatoms. The van der Waals surface area contributed by atoms with Crippen LogP contribution >= 0.6 is 12.4 Å². The van der Waals surface area contributed by atoms with E-state index in [1.807, 2.05) is 0 Å². The number of amides is 2. The first-order valence-electron chi connectivity index (χ1n) is 5.53. The number of nitrogens with one attached hydrogen (secondary N) is 3. The van der Waals surface area contributed by atoms with Crippen LogP contribution in [0.5, 0.6) is 0 Å². The van der Waals surface area contributed by atoms with Gasteiger partial charge in [0, 0.05) is 12.6 Å². The van der Waals surface area contributed by atoms with Crippen LogP contribution in [0.4, 0.5) is 0 Å². The van der Waals surface area contributed by atoms with E-state index in [1.165, 1.54) is 0 Å². The topological polar surface area (TPSA) is 70.2 Å². The van der Waals surface area contributed by atoms with E-state index < -0.39 is 0 Å². The van der Waals surface area contributed by atoms with Gasteiger partial charge in [-0.15, -0.1) is 12.4 Å². The molecule has 0 aromatic heterocycles. The van der Waals surface area contributed by atoms with Crippen LogP contribution in [0.2, 0.25) is 0 Å². The molecule has 0 spiro atoms. The Morgan fingerprint density at radius 1 is 1.25 bits per heavy atom. The molecule has 1 atom stereocenters. The molecule has 1 saturated heterocycles. The number of hydrogen-bond acceptors (Lipinski definition) is 3. The molecular weight excluding hydrogens is 230 g/mol. The lowest BCUT2D eigenvalue weighted by Gasteiger charge is -2.09. The van der Waals surface area contributed by atoms with Gasteiger partial charge in [-0.2, -0.15) is 0 Å². The van der Waals surface area contributed by atoms with E-state index >= 15 is 0 Å². The second-order valence-electron chi connectivity index (χ2n) is 4.25. The van der Waals surface area contributed by atoms with Gasteiger partial charge in [-0.25, -0.2) is 0 Å². The first-order chi connectivity index (χ1) is 7.25. The minimum atomic E-state index is -0.0724. The van der Waals surface area contributed by atoms with E-state index in [1.54, 1.807) is 0 Å². The highest BCUT2D eigenvalue weighted by atomic mass is 35.5. The van der Waals surface area contributed by atoms with Crippen molar-refractivity contribution in [3.8, 4) is 0 Å². The summed E-state index contributed by atoms with van der Waals surface area (Å²) in [5.74, 6) is -0.0403. The van der Waals surface area contributed by atoms with Crippen molar-refractivity contribution in [2.75, 3.05) is 19.6 Å². The summed E-state index contributed by atoms with van der Waals surface area (Å²) in [6, 6.07) is 0.363. The predicted octanol–water partition coefficient (Wildman–Crippen LogP) is -0.587. The maximum absolute atomic E-state index is 11.5. The normalized spacial score (nSPS) is 23.4. The highest BCUT2D eigenvalue weighted by Gasteiger charge is 2.25. The van der Waals surface area contributed by atoms with Crippen LogP contribution in [0.25, 0.3) is 0 Å².